The lowest BCUT2D eigenvalue weighted by Gasteiger charge is -2.41. The van der Waals surface area contributed by atoms with Crippen molar-refractivity contribution in [1.82, 2.24) is 10.2 Å². The van der Waals surface area contributed by atoms with Gasteiger partial charge >= 0.3 is 0 Å². The summed E-state index contributed by atoms with van der Waals surface area (Å²) in [6.45, 7) is 4.93. The second-order valence-electron chi connectivity index (χ2n) is 6.33. The SMILES string of the molecule is CC(=O)[C@@H]1[C@H](c2ccccc2F)c2c(n[nH]c2C)C[C@]1(C)O. The van der Waals surface area contributed by atoms with E-state index in [0.717, 1.165) is 11.3 Å². The number of H-pyrrole nitrogens is 1. The summed E-state index contributed by atoms with van der Waals surface area (Å²) in [5, 5.41) is 17.9. The Morgan fingerprint density at radius 3 is 2.77 bits per heavy atom. The van der Waals surface area contributed by atoms with Gasteiger partial charge in [0.05, 0.1) is 17.2 Å². The topological polar surface area (TPSA) is 66.0 Å². The molecule has 0 saturated carbocycles. The van der Waals surface area contributed by atoms with Crippen molar-refractivity contribution in [3.8, 4) is 0 Å². The number of aromatic nitrogens is 2. The first kappa shape index (κ1) is 14.9. The molecule has 2 N–H and O–H groups in total. The Morgan fingerprint density at radius 1 is 1.45 bits per heavy atom. The second kappa shape index (κ2) is 5.02. The van der Waals surface area contributed by atoms with E-state index in [1.54, 1.807) is 25.1 Å². The van der Waals surface area contributed by atoms with Crippen LogP contribution in [0.25, 0.3) is 0 Å². The zero-order valence-corrected chi connectivity index (χ0v) is 12.9. The van der Waals surface area contributed by atoms with Crippen molar-refractivity contribution < 1.29 is 14.3 Å². The number of hydrogen-bond acceptors (Lipinski definition) is 3. The molecule has 0 bridgehead atoms. The molecule has 1 heterocycles. The average molecular weight is 302 g/mol. The van der Waals surface area contributed by atoms with Gasteiger partial charge in [-0.05, 0) is 32.4 Å². The van der Waals surface area contributed by atoms with Gasteiger partial charge in [0.25, 0.3) is 0 Å². The highest BCUT2D eigenvalue weighted by molar-refractivity contribution is 5.82. The number of ketones is 1. The third kappa shape index (κ3) is 2.16. The van der Waals surface area contributed by atoms with Crippen LogP contribution in [0.1, 0.15) is 42.3 Å². The predicted molar refractivity (Wildman–Crippen MR) is 80.1 cm³/mol. The molecule has 4 nitrogen and oxygen atoms in total. The van der Waals surface area contributed by atoms with Gasteiger partial charge in [0.1, 0.15) is 11.6 Å². The number of carbonyl (C=O) groups is 1. The fraction of sp³-hybridized carbons (Fsp3) is 0.412. The Labute approximate surface area is 128 Å². The van der Waals surface area contributed by atoms with Crippen molar-refractivity contribution in [2.75, 3.05) is 0 Å². The zero-order chi connectivity index (χ0) is 16.1. The fourth-order valence-electron chi connectivity index (χ4n) is 3.75. The third-order valence-electron chi connectivity index (χ3n) is 4.59. The monoisotopic (exact) mass is 302 g/mol. The summed E-state index contributed by atoms with van der Waals surface area (Å²) < 4.78 is 14.4. The number of Topliss-reactive ketones (excluding diaryl/α,β-unsaturated/α-hetero) is 1. The molecule has 0 aliphatic heterocycles. The number of carbonyl (C=O) groups excluding carboxylic acids is 1. The molecule has 0 radical (unpaired) electrons. The van der Waals surface area contributed by atoms with Gasteiger partial charge in [-0.3, -0.25) is 9.89 Å². The van der Waals surface area contributed by atoms with Gasteiger partial charge in [-0.1, -0.05) is 18.2 Å². The summed E-state index contributed by atoms with van der Waals surface area (Å²) in [7, 11) is 0. The molecule has 3 atom stereocenters. The molecule has 0 spiro atoms. The lowest BCUT2D eigenvalue weighted by Crippen LogP contribution is -2.48. The van der Waals surface area contributed by atoms with E-state index >= 15 is 0 Å². The van der Waals surface area contributed by atoms with Crippen molar-refractivity contribution in [2.45, 2.75) is 38.7 Å². The van der Waals surface area contributed by atoms with Crippen LogP contribution in [0.5, 0.6) is 0 Å². The lowest BCUT2D eigenvalue weighted by atomic mass is 9.64. The van der Waals surface area contributed by atoms with Crippen molar-refractivity contribution in [3.63, 3.8) is 0 Å². The summed E-state index contributed by atoms with van der Waals surface area (Å²) in [6, 6.07) is 6.41. The molecule has 1 aliphatic carbocycles. The van der Waals surface area contributed by atoms with E-state index in [2.05, 4.69) is 10.2 Å². The van der Waals surface area contributed by atoms with Gasteiger partial charge in [0.2, 0.25) is 0 Å². The van der Waals surface area contributed by atoms with Crippen LogP contribution < -0.4 is 0 Å². The van der Waals surface area contributed by atoms with Crippen molar-refractivity contribution in [3.05, 3.63) is 52.6 Å². The van der Waals surface area contributed by atoms with Crippen LogP contribution in [0, 0.1) is 18.7 Å². The van der Waals surface area contributed by atoms with Crippen LogP contribution in [0.2, 0.25) is 0 Å². The van der Waals surface area contributed by atoms with Crippen LogP contribution in [0.3, 0.4) is 0 Å². The first-order valence-electron chi connectivity index (χ1n) is 7.34. The third-order valence-corrected chi connectivity index (χ3v) is 4.59. The summed E-state index contributed by atoms with van der Waals surface area (Å²) >= 11 is 0. The van der Waals surface area contributed by atoms with Crippen LogP contribution in [-0.4, -0.2) is 26.7 Å². The number of nitrogens with zero attached hydrogens (tertiary/aromatic N) is 1. The minimum Gasteiger partial charge on any atom is -0.389 e. The minimum atomic E-state index is -1.26. The molecular weight excluding hydrogens is 283 g/mol. The highest BCUT2D eigenvalue weighted by Gasteiger charge is 2.49. The maximum atomic E-state index is 14.4. The van der Waals surface area contributed by atoms with Gasteiger partial charge < -0.3 is 5.11 Å². The zero-order valence-electron chi connectivity index (χ0n) is 12.9. The summed E-state index contributed by atoms with van der Waals surface area (Å²) in [5.41, 5.74) is 1.51. The second-order valence-corrected chi connectivity index (χ2v) is 6.33. The normalized spacial score (nSPS) is 27.5. The number of aliphatic hydroxyl groups is 1. The highest BCUT2D eigenvalue weighted by Crippen LogP contribution is 2.47. The Morgan fingerprint density at radius 2 is 2.14 bits per heavy atom. The van der Waals surface area contributed by atoms with Gasteiger partial charge in [0.15, 0.2) is 0 Å². The number of hydrogen-bond donors (Lipinski definition) is 2. The number of rotatable bonds is 2. The van der Waals surface area contributed by atoms with Crippen molar-refractivity contribution >= 4 is 5.78 Å². The minimum absolute atomic E-state index is 0.149. The standard InChI is InChI=1S/C17H19FN2O2/c1-9-14-13(20-19-9)8-17(3,22)16(10(2)21)15(14)11-6-4-5-7-12(11)18/h4-7,15-16,22H,8H2,1-3H3,(H,19,20)/t15-,16-,17+/m1/s1. The van der Waals surface area contributed by atoms with Gasteiger partial charge in [0, 0.05) is 23.6 Å². The molecular formula is C17H19FN2O2. The quantitative estimate of drug-likeness (QED) is 0.896. The first-order valence-corrected chi connectivity index (χ1v) is 7.34. The molecule has 1 aromatic carbocycles. The number of fused-ring (bicyclic) bond motifs is 1. The summed E-state index contributed by atoms with van der Waals surface area (Å²) in [4.78, 5) is 12.2. The van der Waals surface area contributed by atoms with Gasteiger partial charge in [-0.15, -0.1) is 0 Å². The largest absolute Gasteiger partial charge is 0.389 e. The number of aromatic amines is 1. The number of benzene rings is 1. The maximum absolute atomic E-state index is 14.4. The Kier molecular flexibility index (Phi) is 3.40. The van der Waals surface area contributed by atoms with Crippen LogP contribution in [0.4, 0.5) is 4.39 Å². The van der Waals surface area contributed by atoms with E-state index in [1.807, 2.05) is 6.92 Å². The molecule has 116 valence electrons. The average Bonchev–Trinajstić information content (AvgIpc) is 2.77. The number of nitrogens with one attached hydrogen (secondary N) is 1. The van der Waals surface area contributed by atoms with E-state index < -0.39 is 17.4 Å². The lowest BCUT2D eigenvalue weighted by molar-refractivity contribution is -0.130. The molecule has 5 heteroatoms. The van der Waals surface area contributed by atoms with E-state index in [4.69, 9.17) is 0 Å². The number of aryl methyl sites for hydroxylation is 1. The van der Waals surface area contributed by atoms with Crippen LogP contribution >= 0.6 is 0 Å². The van der Waals surface area contributed by atoms with Gasteiger partial charge in [-0.25, -0.2) is 4.39 Å². The highest BCUT2D eigenvalue weighted by atomic mass is 19.1. The number of halogens is 1. The first-order chi connectivity index (χ1) is 10.3. The van der Waals surface area contributed by atoms with Crippen LogP contribution in [0.15, 0.2) is 24.3 Å². The van der Waals surface area contributed by atoms with Crippen molar-refractivity contribution in [2.24, 2.45) is 5.92 Å². The molecule has 2 aromatic rings. The fourth-order valence-corrected chi connectivity index (χ4v) is 3.75. The predicted octanol–water partition coefficient (Wildman–Crippen LogP) is 2.50. The van der Waals surface area contributed by atoms with Crippen LogP contribution in [-0.2, 0) is 11.2 Å². The smallest absolute Gasteiger partial charge is 0.136 e. The Bertz CT molecular complexity index is 736. The Hall–Kier alpha value is -2.01. The summed E-state index contributed by atoms with van der Waals surface area (Å²) in [6.07, 6.45) is 0.280. The van der Waals surface area contributed by atoms with Gasteiger partial charge in [-0.2, -0.15) is 5.10 Å². The molecule has 0 fully saturated rings. The van der Waals surface area contributed by atoms with E-state index in [-0.39, 0.29) is 18.0 Å². The molecule has 1 aliphatic rings. The molecule has 1 aromatic heterocycles. The van der Waals surface area contributed by atoms with E-state index in [9.17, 15) is 14.3 Å². The van der Waals surface area contributed by atoms with Crippen molar-refractivity contribution in [1.29, 1.82) is 0 Å². The molecule has 0 unspecified atom stereocenters. The van der Waals surface area contributed by atoms with E-state index in [1.165, 1.54) is 13.0 Å². The molecule has 22 heavy (non-hydrogen) atoms. The summed E-state index contributed by atoms with van der Waals surface area (Å²) in [5.74, 6) is -1.75. The molecule has 0 amide bonds. The molecule has 3 rings (SSSR count). The Balaban J connectivity index is 2.28. The molecule has 0 saturated heterocycles. The maximum Gasteiger partial charge on any atom is 0.136 e. The van der Waals surface area contributed by atoms with E-state index in [0.29, 0.717) is 11.3 Å².